The predicted molar refractivity (Wildman–Crippen MR) is 65.5 cm³/mol. The van der Waals surface area contributed by atoms with E-state index in [9.17, 15) is 0 Å². The van der Waals surface area contributed by atoms with Crippen molar-refractivity contribution in [3.8, 4) is 5.75 Å². The van der Waals surface area contributed by atoms with Crippen LogP contribution in [0.25, 0.3) is 0 Å². The highest BCUT2D eigenvalue weighted by molar-refractivity contribution is 14.1. The highest BCUT2D eigenvalue weighted by Gasteiger charge is 1.99. The molecule has 0 radical (unpaired) electrons. The molecule has 0 aliphatic carbocycles. The highest BCUT2D eigenvalue weighted by Crippen LogP contribution is 2.21. The van der Waals surface area contributed by atoms with Crippen LogP contribution < -0.4 is 10.5 Å². The lowest BCUT2D eigenvalue weighted by atomic mass is 10.2. The van der Waals surface area contributed by atoms with Gasteiger partial charge < -0.3 is 10.5 Å². The molecule has 0 atom stereocenters. The largest absolute Gasteiger partial charge is 0.493 e. The average Bonchev–Trinajstić information content (AvgIpc) is 2.09. The number of rotatable bonds is 3. The van der Waals surface area contributed by atoms with E-state index in [0.29, 0.717) is 13.2 Å². The first kappa shape index (κ1) is 13.0. The molecule has 0 aliphatic heterocycles. The quantitative estimate of drug-likeness (QED) is 0.871. The second-order valence-corrected chi connectivity index (χ2v) is 3.56. The molecule has 0 saturated heterocycles. The Hall–Kier alpha value is -0.0000000000000000555. The van der Waals surface area contributed by atoms with Crippen molar-refractivity contribution in [1.29, 1.82) is 0 Å². The maximum atomic E-state index is 5.50. The lowest BCUT2D eigenvalue weighted by molar-refractivity contribution is 0.338. The summed E-state index contributed by atoms with van der Waals surface area (Å²) in [5, 5.41) is 0. The zero-order chi connectivity index (χ0) is 8.97. The second kappa shape index (κ2) is 6.45. The minimum Gasteiger partial charge on any atom is -0.493 e. The van der Waals surface area contributed by atoms with Gasteiger partial charge in [-0.3, -0.25) is 0 Å². The van der Waals surface area contributed by atoms with E-state index in [1.54, 1.807) is 0 Å². The number of hydrogen-bond donors (Lipinski definition) is 1. The number of nitrogens with two attached hydrogens (primary N) is 1. The van der Waals surface area contributed by atoms with Crippen LogP contribution in [-0.4, -0.2) is 6.61 Å². The molecule has 1 rings (SSSR count). The SMILES string of the molecule is CCOc1ccc(CN)cc1I.Cl. The Morgan fingerprint density at radius 2 is 2.15 bits per heavy atom. The first-order valence-electron chi connectivity index (χ1n) is 3.89. The Morgan fingerprint density at radius 3 is 2.62 bits per heavy atom. The van der Waals surface area contributed by atoms with Gasteiger partial charge in [0.25, 0.3) is 0 Å². The summed E-state index contributed by atoms with van der Waals surface area (Å²) in [6.07, 6.45) is 0. The summed E-state index contributed by atoms with van der Waals surface area (Å²) in [7, 11) is 0. The molecule has 1 aromatic carbocycles. The summed E-state index contributed by atoms with van der Waals surface area (Å²) in [5.74, 6) is 0.940. The smallest absolute Gasteiger partial charge is 0.132 e. The lowest BCUT2D eigenvalue weighted by Crippen LogP contribution is -1.98. The van der Waals surface area contributed by atoms with Crippen LogP contribution in [-0.2, 0) is 6.54 Å². The monoisotopic (exact) mass is 313 g/mol. The van der Waals surface area contributed by atoms with Crippen LogP contribution in [0.15, 0.2) is 18.2 Å². The van der Waals surface area contributed by atoms with Crippen molar-refractivity contribution >= 4 is 35.0 Å². The van der Waals surface area contributed by atoms with E-state index in [1.165, 1.54) is 0 Å². The number of benzene rings is 1. The fraction of sp³-hybridized carbons (Fsp3) is 0.333. The first-order valence-corrected chi connectivity index (χ1v) is 4.97. The fourth-order valence-electron chi connectivity index (χ4n) is 0.944. The zero-order valence-corrected chi connectivity index (χ0v) is 10.4. The van der Waals surface area contributed by atoms with E-state index in [1.807, 2.05) is 25.1 Å². The van der Waals surface area contributed by atoms with E-state index in [2.05, 4.69) is 22.6 Å². The van der Waals surface area contributed by atoms with Crippen molar-refractivity contribution in [1.82, 2.24) is 0 Å². The Bertz CT molecular complexity index is 268. The van der Waals surface area contributed by atoms with Crippen LogP contribution in [0.5, 0.6) is 5.75 Å². The lowest BCUT2D eigenvalue weighted by Gasteiger charge is -2.06. The molecule has 0 saturated carbocycles. The zero-order valence-electron chi connectivity index (χ0n) is 7.42. The van der Waals surface area contributed by atoms with Crippen LogP contribution >= 0.6 is 35.0 Å². The molecule has 0 fully saturated rings. The topological polar surface area (TPSA) is 35.2 Å². The normalized spacial score (nSPS) is 9.15. The molecule has 0 amide bonds. The van der Waals surface area contributed by atoms with Crippen LogP contribution in [0.1, 0.15) is 12.5 Å². The third kappa shape index (κ3) is 3.70. The van der Waals surface area contributed by atoms with E-state index in [-0.39, 0.29) is 12.4 Å². The van der Waals surface area contributed by atoms with Gasteiger partial charge in [-0.05, 0) is 47.2 Å². The fourth-order valence-corrected chi connectivity index (χ4v) is 1.68. The van der Waals surface area contributed by atoms with E-state index >= 15 is 0 Å². The van der Waals surface area contributed by atoms with Gasteiger partial charge in [0.1, 0.15) is 5.75 Å². The second-order valence-electron chi connectivity index (χ2n) is 2.40. The Labute approximate surface area is 98.4 Å². The standard InChI is InChI=1S/C9H12INO.ClH/c1-2-12-9-4-3-7(6-11)5-8(9)10;/h3-5H,2,6,11H2,1H3;1H. The molecule has 2 N–H and O–H groups in total. The summed E-state index contributed by atoms with van der Waals surface area (Å²) >= 11 is 2.25. The predicted octanol–water partition coefficient (Wildman–Crippen LogP) is 2.57. The van der Waals surface area contributed by atoms with Gasteiger partial charge in [0.2, 0.25) is 0 Å². The maximum Gasteiger partial charge on any atom is 0.132 e. The Kier molecular flexibility index (Phi) is 6.45. The maximum absolute atomic E-state index is 5.50. The van der Waals surface area contributed by atoms with Crippen molar-refractivity contribution in [2.45, 2.75) is 13.5 Å². The third-order valence-corrected chi connectivity index (χ3v) is 2.37. The van der Waals surface area contributed by atoms with E-state index in [0.717, 1.165) is 14.9 Å². The summed E-state index contributed by atoms with van der Waals surface area (Å²) < 4.78 is 6.51. The van der Waals surface area contributed by atoms with Gasteiger partial charge in [0.15, 0.2) is 0 Å². The minimum atomic E-state index is 0. The van der Waals surface area contributed by atoms with Crippen LogP contribution in [0.4, 0.5) is 0 Å². The molecule has 74 valence electrons. The molecular formula is C9H13ClINO. The Balaban J connectivity index is 0.00000144. The molecule has 0 heterocycles. The molecule has 4 heteroatoms. The van der Waals surface area contributed by atoms with E-state index < -0.39 is 0 Å². The summed E-state index contributed by atoms with van der Waals surface area (Å²) in [6.45, 7) is 3.27. The molecule has 0 aliphatic rings. The molecule has 0 bridgehead atoms. The molecule has 0 spiro atoms. The van der Waals surface area contributed by atoms with Crippen molar-refractivity contribution in [2.75, 3.05) is 6.61 Å². The highest BCUT2D eigenvalue weighted by atomic mass is 127. The Morgan fingerprint density at radius 1 is 1.46 bits per heavy atom. The summed E-state index contributed by atoms with van der Waals surface area (Å²) in [5.41, 5.74) is 6.64. The first-order chi connectivity index (χ1) is 5.77. The van der Waals surface area contributed by atoms with Crippen LogP contribution in [0, 0.1) is 3.57 Å². The molecular weight excluding hydrogens is 300 g/mol. The molecule has 2 nitrogen and oxygen atoms in total. The summed E-state index contributed by atoms with van der Waals surface area (Å²) in [4.78, 5) is 0. The third-order valence-electron chi connectivity index (χ3n) is 1.53. The van der Waals surface area contributed by atoms with Crippen molar-refractivity contribution < 1.29 is 4.74 Å². The number of halogens is 2. The number of ether oxygens (including phenoxy) is 1. The van der Waals surface area contributed by atoms with Gasteiger partial charge in [-0.25, -0.2) is 0 Å². The summed E-state index contributed by atoms with van der Waals surface area (Å²) in [6, 6.07) is 6.01. The molecule has 0 unspecified atom stereocenters. The van der Waals surface area contributed by atoms with Gasteiger partial charge in [-0.2, -0.15) is 0 Å². The van der Waals surface area contributed by atoms with Gasteiger partial charge in [0.05, 0.1) is 10.2 Å². The average molecular weight is 314 g/mol. The van der Waals surface area contributed by atoms with Gasteiger partial charge in [-0.15, -0.1) is 12.4 Å². The van der Waals surface area contributed by atoms with Crippen molar-refractivity contribution in [2.24, 2.45) is 5.73 Å². The molecule has 13 heavy (non-hydrogen) atoms. The van der Waals surface area contributed by atoms with Crippen molar-refractivity contribution in [3.05, 3.63) is 27.3 Å². The molecule has 1 aromatic rings. The van der Waals surface area contributed by atoms with Crippen molar-refractivity contribution in [3.63, 3.8) is 0 Å². The van der Waals surface area contributed by atoms with Gasteiger partial charge in [0, 0.05) is 6.54 Å². The van der Waals surface area contributed by atoms with E-state index in [4.69, 9.17) is 10.5 Å². The van der Waals surface area contributed by atoms with Gasteiger partial charge >= 0.3 is 0 Å². The van der Waals surface area contributed by atoms with Crippen LogP contribution in [0.3, 0.4) is 0 Å². The van der Waals surface area contributed by atoms with Crippen LogP contribution in [0.2, 0.25) is 0 Å². The molecule has 0 aromatic heterocycles. The number of hydrogen-bond acceptors (Lipinski definition) is 2. The van der Waals surface area contributed by atoms with Gasteiger partial charge in [-0.1, -0.05) is 6.07 Å². The minimum absolute atomic E-state index is 0.